The first kappa shape index (κ1) is 19.7. The summed E-state index contributed by atoms with van der Waals surface area (Å²) in [5, 5.41) is 0. The minimum absolute atomic E-state index is 0.0278. The van der Waals surface area contributed by atoms with Crippen molar-refractivity contribution >= 4 is 16.0 Å². The van der Waals surface area contributed by atoms with Gasteiger partial charge in [-0.3, -0.25) is 0 Å². The molecule has 1 saturated heterocycles. The summed E-state index contributed by atoms with van der Waals surface area (Å²) in [5.74, 6) is -1.21. The molecular formula is C15H19F3N2O4S. The molecule has 1 unspecified atom stereocenters. The number of hydrogen-bond acceptors (Lipinski definition) is 5. The Balaban J connectivity index is 2.46. The zero-order chi connectivity index (χ0) is 18.8. The van der Waals surface area contributed by atoms with Crippen molar-refractivity contribution in [1.29, 1.82) is 0 Å². The van der Waals surface area contributed by atoms with Gasteiger partial charge in [-0.05, 0) is 43.5 Å². The topological polar surface area (TPSA) is 89.7 Å². The monoisotopic (exact) mass is 380 g/mol. The van der Waals surface area contributed by atoms with Crippen LogP contribution < -0.4 is 5.73 Å². The molecule has 6 nitrogen and oxygen atoms in total. The highest BCUT2D eigenvalue weighted by Gasteiger charge is 2.38. The Kier molecular flexibility index (Phi) is 5.75. The lowest BCUT2D eigenvalue weighted by molar-refractivity contribution is -0.138. The summed E-state index contributed by atoms with van der Waals surface area (Å²) in [4.78, 5) is 11.0. The molecular weight excluding hydrogens is 361 g/mol. The lowest BCUT2D eigenvalue weighted by atomic mass is 10.0. The maximum Gasteiger partial charge on any atom is 0.417 e. The molecule has 10 heteroatoms. The van der Waals surface area contributed by atoms with Crippen LogP contribution in [0.1, 0.15) is 28.8 Å². The predicted molar refractivity (Wildman–Crippen MR) is 83.3 cm³/mol. The van der Waals surface area contributed by atoms with E-state index in [0.29, 0.717) is 19.0 Å². The van der Waals surface area contributed by atoms with Gasteiger partial charge in [0.15, 0.2) is 0 Å². The largest absolute Gasteiger partial charge is 0.465 e. The second-order valence-corrected chi connectivity index (χ2v) is 7.74. The molecule has 0 amide bonds. The molecule has 1 atom stereocenters. The summed E-state index contributed by atoms with van der Waals surface area (Å²) < 4.78 is 70.5. The number of alkyl halides is 3. The minimum Gasteiger partial charge on any atom is -0.465 e. The van der Waals surface area contributed by atoms with Gasteiger partial charge in [-0.25, -0.2) is 13.2 Å². The van der Waals surface area contributed by atoms with Crippen LogP contribution in [0.5, 0.6) is 0 Å². The highest BCUT2D eigenvalue weighted by molar-refractivity contribution is 7.89. The van der Waals surface area contributed by atoms with Crippen LogP contribution in [0.4, 0.5) is 13.2 Å². The Bertz CT molecular complexity index is 750. The number of methoxy groups -OCH3 is 1. The molecule has 2 N–H and O–H groups in total. The molecule has 0 radical (unpaired) electrons. The molecule has 0 spiro atoms. The third-order valence-corrected chi connectivity index (χ3v) is 6.02. The van der Waals surface area contributed by atoms with Gasteiger partial charge in [0.1, 0.15) is 0 Å². The third-order valence-electron chi connectivity index (χ3n) is 4.15. The summed E-state index contributed by atoms with van der Waals surface area (Å²) in [7, 11) is -3.16. The average Bonchev–Trinajstić information content (AvgIpc) is 2.59. The average molecular weight is 380 g/mol. The van der Waals surface area contributed by atoms with Gasteiger partial charge in [0, 0.05) is 13.1 Å². The number of nitrogens with zero attached hydrogens (tertiary/aromatic N) is 1. The highest BCUT2D eigenvalue weighted by Crippen LogP contribution is 2.35. The summed E-state index contributed by atoms with van der Waals surface area (Å²) >= 11 is 0. The highest BCUT2D eigenvalue weighted by atomic mass is 32.2. The zero-order valence-electron chi connectivity index (χ0n) is 13.5. The van der Waals surface area contributed by atoms with Gasteiger partial charge in [-0.1, -0.05) is 0 Å². The molecule has 1 aromatic carbocycles. The molecule has 2 rings (SSSR count). The van der Waals surface area contributed by atoms with Crippen LogP contribution in [0.15, 0.2) is 23.1 Å². The van der Waals surface area contributed by atoms with Gasteiger partial charge in [0.2, 0.25) is 10.0 Å². The van der Waals surface area contributed by atoms with Crippen LogP contribution in [0, 0.1) is 5.92 Å². The summed E-state index contributed by atoms with van der Waals surface area (Å²) in [6.45, 7) is 0.693. The SMILES string of the molecule is COC(=O)c1ccc(S(=O)(=O)N2CCCC(CN)C2)cc1C(F)(F)F. The molecule has 1 aliphatic heterocycles. The van der Waals surface area contributed by atoms with Gasteiger partial charge in [-0.15, -0.1) is 0 Å². The number of sulfonamides is 1. The molecule has 140 valence electrons. The Morgan fingerprint density at radius 2 is 2.08 bits per heavy atom. The molecule has 1 aliphatic rings. The molecule has 1 fully saturated rings. The molecule has 0 bridgehead atoms. The number of rotatable bonds is 4. The van der Waals surface area contributed by atoms with Crippen LogP contribution in [0.25, 0.3) is 0 Å². The van der Waals surface area contributed by atoms with Gasteiger partial charge >= 0.3 is 12.1 Å². The van der Waals surface area contributed by atoms with Crippen LogP contribution >= 0.6 is 0 Å². The van der Waals surface area contributed by atoms with E-state index >= 15 is 0 Å². The fourth-order valence-corrected chi connectivity index (χ4v) is 4.37. The number of hydrogen-bond donors (Lipinski definition) is 1. The Morgan fingerprint density at radius 3 is 2.64 bits per heavy atom. The Labute approximate surface area is 143 Å². The number of esters is 1. The Hall–Kier alpha value is -1.65. The molecule has 0 aromatic heterocycles. The van der Waals surface area contributed by atoms with Crippen LogP contribution in [0.3, 0.4) is 0 Å². The van der Waals surface area contributed by atoms with Crippen LogP contribution in [-0.2, 0) is 20.9 Å². The molecule has 1 aromatic rings. The van der Waals surface area contributed by atoms with Crippen molar-refractivity contribution in [3.63, 3.8) is 0 Å². The van der Waals surface area contributed by atoms with Crippen molar-refractivity contribution in [2.75, 3.05) is 26.7 Å². The van der Waals surface area contributed by atoms with Gasteiger partial charge < -0.3 is 10.5 Å². The van der Waals surface area contributed by atoms with E-state index in [4.69, 9.17) is 5.73 Å². The lowest BCUT2D eigenvalue weighted by Crippen LogP contribution is -2.42. The van der Waals surface area contributed by atoms with E-state index in [1.807, 2.05) is 0 Å². The van der Waals surface area contributed by atoms with Crippen molar-refractivity contribution in [1.82, 2.24) is 4.31 Å². The minimum atomic E-state index is -4.89. The van der Waals surface area contributed by atoms with Crippen molar-refractivity contribution in [3.05, 3.63) is 29.3 Å². The van der Waals surface area contributed by atoms with E-state index in [1.165, 1.54) is 0 Å². The van der Waals surface area contributed by atoms with Crippen molar-refractivity contribution < 1.29 is 31.1 Å². The summed E-state index contributed by atoms with van der Waals surface area (Å²) in [5.41, 5.74) is 3.51. The zero-order valence-corrected chi connectivity index (χ0v) is 14.4. The number of carbonyl (C=O) groups is 1. The summed E-state index contributed by atoms with van der Waals surface area (Å²) in [6.07, 6.45) is -3.53. The molecule has 0 aliphatic carbocycles. The second-order valence-electron chi connectivity index (χ2n) is 5.80. The lowest BCUT2D eigenvalue weighted by Gasteiger charge is -2.31. The smallest absolute Gasteiger partial charge is 0.417 e. The predicted octanol–water partition coefficient (Wildman–Crippen LogP) is 1.85. The number of carbonyl (C=O) groups excluding carboxylic acids is 1. The first-order valence-electron chi connectivity index (χ1n) is 7.61. The first-order valence-corrected chi connectivity index (χ1v) is 9.05. The third kappa shape index (κ3) is 4.13. The number of ether oxygens (including phenoxy) is 1. The quantitative estimate of drug-likeness (QED) is 0.806. The maximum atomic E-state index is 13.2. The van der Waals surface area contributed by atoms with Gasteiger partial charge in [-0.2, -0.15) is 17.5 Å². The van der Waals surface area contributed by atoms with Crippen molar-refractivity contribution in [2.45, 2.75) is 23.9 Å². The standard InChI is InChI=1S/C15H19F3N2O4S/c1-24-14(21)12-5-4-11(7-13(12)15(16,17)18)25(22,23)20-6-2-3-10(8-19)9-20/h4-5,7,10H,2-3,6,8-9,19H2,1H3. The van der Waals surface area contributed by atoms with E-state index in [1.54, 1.807) is 0 Å². The number of benzene rings is 1. The number of nitrogens with two attached hydrogens (primary N) is 1. The Morgan fingerprint density at radius 1 is 1.40 bits per heavy atom. The van der Waals surface area contributed by atoms with Crippen molar-refractivity contribution in [3.8, 4) is 0 Å². The van der Waals surface area contributed by atoms with Gasteiger partial charge in [0.25, 0.3) is 0 Å². The number of piperidine rings is 1. The number of halogens is 3. The van der Waals surface area contributed by atoms with E-state index in [-0.39, 0.29) is 19.0 Å². The molecule has 25 heavy (non-hydrogen) atoms. The first-order chi connectivity index (χ1) is 11.6. The molecule has 1 heterocycles. The van der Waals surface area contributed by atoms with Crippen molar-refractivity contribution in [2.24, 2.45) is 11.7 Å². The second kappa shape index (κ2) is 7.30. The van der Waals surface area contributed by atoms with E-state index in [2.05, 4.69) is 4.74 Å². The van der Waals surface area contributed by atoms with Crippen LogP contribution in [-0.4, -0.2) is 45.4 Å². The van der Waals surface area contributed by atoms with Crippen LogP contribution in [0.2, 0.25) is 0 Å². The maximum absolute atomic E-state index is 13.2. The van der Waals surface area contributed by atoms with E-state index in [9.17, 15) is 26.4 Å². The van der Waals surface area contributed by atoms with E-state index in [0.717, 1.165) is 30.0 Å². The molecule has 0 saturated carbocycles. The van der Waals surface area contributed by atoms with E-state index < -0.39 is 38.2 Å². The fraction of sp³-hybridized carbons (Fsp3) is 0.533. The summed E-state index contributed by atoms with van der Waals surface area (Å²) in [6, 6.07) is 2.29. The fourth-order valence-electron chi connectivity index (χ4n) is 2.79. The van der Waals surface area contributed by atoms with Gasteiger partial charge in [0.05, 0.1) is 23.1 Å². The normalized spacial score (nSPS) is 19.6.